The van der Waals surface area contributed by atoms with Crippen LogP contribution in [-0.2, 0) is 6.54 Å². The summed E-state index contributed by atoms with van der Waals surface area (Å²) in [6.07, 6.45) is 0. The second kappa shape index (κ2) is 8.86. The van der Waals surface area contributed by atoms with E-state index < -0.39 is 0 Å². The van der Waals surface area contributed by atoms with Gasteiger partial charge in [0.25, 0.3) is 11.8 Å². The lowest BCUT2D eigenvalue weighted by Gasteiger charge is -2.13. The number of hydrogen-bond acceptors (Lipinski definition) is 3. The average molecular weight is 373 g/mol. The van der Waals surface area contributed by atoms with Crippen LogP contribution in [0.25, 0.3) is 0 Å². The van der Waals surface area contributed by atoms with Crippen LogP contribution in [0.1, 0.15) is 26.3 Å². The number of rotatable bonds is 6. The van der Waals surface area contributed by atoms with E-state index >= 15 is 0 Å². The summed E-state index contributed by atoms with van der Waals surface area (Å²) in [5.74, 6) is -0.242. The van der Waals surface area contributed by atoms with Crippen molar-refractivity contribution >= 4 is 23.2 Å². The molecule has 0 aliphatic rings. The van der Waals surface area contributed by atoms with Gasteiger partial charge in [-0.3, -0.25) is 9.59 Å². The lowest BCUT2D eigenvalue weighted by atomic mass is 10.1. The van der Waals surface area contributed by atoms with E-state index in [1.54, 1.807) is 32.3 Å². The molecule has 0 bridgehead atoms. The van der Waals surface area contributed by atoms with Gasteiger partial charge >= 0.3 is 0 Å². The van der Waals surface area contributed by atoms with Gasteiger partial charge in [0, 0.05) is 31.9 Å². The topological polar surface area (TPSA) is 61.4 Å². The molecule has 0 fully saturated rings. The number of nitrogens with one attached hydrogen (secondary N) is 2. The van der Waals surface area contributed by atoms with Crippen molar-refractivity contribution in [3.8, 4) is 0 Å². The van der Waals surface area contributed by atoms with Crippen LogP contribution in [0.3, 0.4) is 0 Å². The maximum atomic E-state index is 12.7. The molecule has 28 heavy (non-hydrogen) atoms. The van der Waals surface area contributed by atoms with Crippen LogP contribution in [0.4, 0.5) is 11.4 Å². The Morgan fingerprint density at radius 2 is 1.57 bits per heavy atom. The number of carbonyl (C=O) groups is 2. The molecule has 0 atom stereocenters. The van der Waals surface area contributed by atoms with Crippen molar-refractivity contribution in [2.45, 2.75) is 6.54 Å². The van der Waals surface area contributed by atoms with E-state index in [1.807, 2.05) is 60.7 Å². The molecule has 2 amide bonds. The first kappa shape index (κ1) is 19.2. The highest BCUT2D eigenvalue weighted by atomic mass is 16.2. The fourth-order valence-electron chi connectivity index (χ4n) is 2.82. The predicted octanol–water partition coefficient (Wildman–Crippen LogP) is 4.06. The summed E-state index contributed by atoms with van der Waals surface area (Å²) in [6.45, 7) is 0.340. The molecule has 0 aliphatic carbocycles. The molecular formula is C23H23N3O2. The standard InChI is InChI=1S/C23H23N3O2/c1-26(2)23(28)18-10-8-9-17(15-18)16-24-22(27)20-13-6-7-14-21(20)25-19-11-4-3-5-12-19/h3-15,25H,16H2,1-2H3,(H,24,27). The Kier molecular flexibility index (Phi) is 6.07. The summed E-state index contributed by atoms with van der Waals surface area (Å²) in [5.41, 5.74) is 3.68. The van der Waals surface area contributed by atoms with Crippen LogP contribution >= 0.6 is 0 Å². The fourth-order valence-corrected chi connectivity index (χ4v) is 2.82. The van der Waals surface area contributed by atoms with Crippen LogP contribution < -0.4 is 10.6 Å². The van der Waals surface area contributed by atoms with Gasteiger partial charge in [-0.1, -0.05) is 42.5 Å². The molecule has 3 rings (SSSR count). The number of anilines is 2. The molecule has 3 aromatic carbocycles. The van der Waals surface area contributed by atoms with E-state index in [9.17, 15) is 9.59 Å². The minimum Gasteiger partial charge on any atom is -0.355 e. The van der Waals surface area contributed by atoms with Crippen molar-refractivity contribution < 1.29 is 9.59 Å². The largest absolute Gasteiger partial charge is 0.355 e. The first-order valence-corrected chi connectivity index (χ1v) is 9.04. The van der Waals surface area contributed by atoms with Gasteiger partial charge in [-0.2, -0.15) is 0 Å². The van der Waals surface area contributed by atoms with E-state index in [4.69, 9.17) is 0 Å². The second-order valence-electron chi connectivity index (χ2n) is 6.62. The summed E-state index contributed by atoms with van der Waals surface area (Å²) in [7, 11) is 3.43. The highest BCUT2D eigenvalue weighted by Crippen LogP contribution is 2.20. The molecule has 5 heteroatoms. The van der Waals surface area contributed by atoms with Crippen LogP contribution in [0.2, 0.25) is 0 Å². The third-order valence-electron chi connectivity index (χ3n) is 4.26. The maximum Gasteiger partial charge on any atom is 0.253 e. The number of nitrogens with zero attached hydrogens (tertiary/aromatic N) is 1. The Morgan fingerprint density at radius 3 is 2.32 bits per heavy atom. The SMILES string of the molecule is CN(C)C(=O)c1cccc(CNC(=O)c2ccccc2Nc2ccccc2)c1. The number of carbonyl (C=O) groups excluding carboxylic acids is 2. The zero-order chi connectivity index (χ0) is 19.9. The van der Waals surface area contributed by atoms with Crippen molar-refractivity contribution in [1.29, 1.82) is 0 Å². The predicted molar refractivity (Wildman–Crippen MR) is 112 cm³/mol. The highest BCUT2D eigenvalue weighted by molar-refractivity contribution is 6.00. The van der Waals surface area contributed by atoms with Gasteiger partial charge < -0.3 is 15.5 Å². The minimum absolute atomic E-state index is 0.0643. The van der Waals surface area contributed by atoms with Gasteiger partial charge in [0.15, 0.2) is 0 Å². The normalized spacial score (nSPS) is 10.2. The quantitative estimate of drug-likeness (QED) is 0.685. The highest BCUT2D eigenvalue weighted by Gasteiger charge is 2.12. The van der Waals surface area contributed by atoms with Crippen LogP contribution in [0, 0.1) is 0 Å². The summed E-state index contributed by atoms with van der Waals surface area (Å²) < 4.78 is 0. The minimum atomic E-state index is -0.177. The van der Waals surface area contributed by atoms with Crippen LogP contribution in [-0.4, -0.2) is 30.8 Å². The van der Waals surface area contributed by atoms with Crippen molar-refractivity contribution in [3.63, 3.8) is 0 Å². The fraction of sp³-hybridized carbons (Fsp3) is 0.130. The molecule has 0 aliphatic heterocycles. The summed E-state index contributed by atoms with van der Waals surface area (Å²) in [6, 6.07) is 24.4. The molecule has 2 N–H and O–H groups in total. The number of hydrogen-bond donors (Lipinski definition) is 2. The van der Waals surface area contributed by atoms with Crippen molar-refractivity contribution in [2.75, 3.05) is 19.4 Å². The Bertz CT molecular complexity index is 968. The Labute approximate surface area is 165 Å². The van der Waals surface area contributed by atoms with Gasteiger partial charge in [-0.05, 0) is 42.0 Å². The molecule has 0 heterocycles. The van der Waals surface area contributed by atoms with Crippen LogP contribution in [0.5, 0.6) is 0 Å². The number of amides is 2. The van der Waals surface area contributed by atoms with Gasteiger partial charge in [-0.15, -0.1) is 0 Å². The van der Waals surface area contributed by atoms with E-state index in [2.05, 4.69) is 10.6 Å². The lowest BCUT2D eigenvalue weighted by Crippen LogP contribution is -2.24. The molecular weight excluding hydrogens is 350 g/mol. The second-order valence-corrected chi connectivity index (χ2v) is 6.62. The molecule has 5 nitrogen and oxygen atoms in total. The summed E-state index contributed by atoms with van der Waals surface area (Å²) in [4.78, 5) is 26.4. The Morgan fingerprint density at radius 1 is 0.857 bits per heavy atom. The Balaban J connectivity index is 1.71. The lowest BCUT2D eigenvalue weighted by molar-refractivity contribution is 0.0827. The molecule has 0 saturated heterocycles. The molecule has 0 saturated carbocycles. The van der Waals surface area contributed by atoms with Gasteiger partial charge in [0.05, 0.1) is 11.3 Å². The Hall–Kier alpha value is -3.60. The van der Waals surface area contributed by atoms with Gasteiger partial charge in [0.1, 0.15) is 0 Å². The molecule has 0 aromatic heterocycles. The third-order valence-corrected chi connectivity index (χ3v) is 4.26. The molecule has 0 spiro atoms. The smallest absolute Gasteiger partial charge is 0.253 e. The van der Waals surface area contributed by atoms with Crippen molar-refractivity contribution in [3.05, 3.63) is 95.6 Å². The van der Waals surface area contributed by atoms with Crippen LogP contribution in [0.15, 0.2) is 78.9 Å². The van der Waals surface area contributed by atoms with Gasteiger partial charge in [-0.25, -0.2) is 0 Å². The van der Waals surface area contributed by atoms with E-state index in [0.29, 0.717) is 17.7 Å². The van der Waals surface area contributed by atoms with E-state index in [1.165, 1.54) is 4.90 Å². The number of para-hydroxylation sites is 2. The maximum absolute atomic E-state index is 12.7. The van der Waals surface area contributed by atoms with E-state index in [0.717, 1.165) is 16.9 Å². The van der Waals surface area contributed by atoms with Gasteiger partial charge in [0.2, 0.25) is 0 Å². The third kappa shape index (κ3) is 4.76. The zero-order valence-corrected chi connectivity index (χ0v) is 16.0. The first-order chi connectivity index (χ1) is 13.5. The van der Waals surface area contributed by atoms with Crippen molar-refractivity contribution in [1.82, 2.24) is 10.2 Å². The summed E-state index contributed by atoms with van der Waals surface area (Å²) in [5, 5.41) is 6.21. The van der Waals surface area contributed by atoms with E-state index in [-0.39, 0.29) is 11.8 Å². The average Bonchev–Trinajstić information content (AvgIpc) is 2.72. The molecule has 142 valence electrons. The van der Waals surface area contributed by atoms with Crippen molar-refractivity contribution in [2.24, 2.45) is 0 Å². The summed E-state index contributed by atoms with van der Waals surface area (Å²) >= 11 is 0. The monoisotopic (exact) mass is 373 g/mol. The molecule has 0 radical (unpaired) electrons. The molecule has 3 aromatic rings. The number of benzene rings is 3. The zero-order valence-electron chi connectivity index (χ0n) is 16.0. The molecule has 0 unspecified atom stereocenters. The first-order valence-electron chi connectivity index (χ1n) is 9.04.